The van der Waals surface area contributed by atoms with Crippen molar-refractivity contribution < 1.29 is 6.11 Å². The molecule has 0 aromatic heterocycles. The zero-order valence-electron chi connectivity index (χ0n) is 6.92. The van der Waals surface area contributed by atoms with E-state index in [0.29, 0.717) is 6.05 Å². The SMILES string of the molecule is [2H]C(=C)c1ccc(OC)cc1. The van der Waals surface area contributed by atoms with Gasteiger partial charge in [-0.25, -0.2) is 0 Å². The Labute approximate surface area is 62.4 Å². The molecular formula is C9H10O. The van der Waals surface area contributed by atoms with Crippen molar-refractivity contribution in [3.8, 4) is 5.75 Å². The normalized spacial score (nSPS) is 10.3. The third-order valence-corrected chi connectivity index (χ3v) is 1.29. The molecule has 1 rings (SSSR count). The Kier molecular flexibility index (Phi) is 1.70. The summed E-state index contributed by atoms with van der Waals surface area (Å²) >= 11 is 0. The zero-order valence-corrected chi connectivity index (χ0v) is 5.92. The molecule has 0 aliphatic heterocycles. The van der Waals surface area contributed by atoms with Crippen molar-refractivity contribution in [3.63, 3.8) is 0 Å². The molecule has 0 aliphatic rings. The third kappa shape index (κ3) is 1.38. The quantitative estimate of drug-likeness (QED) is 0.604. The predicted molar refractivity (Wildman–Crippen MR) is 43.1 cm³/mol. The summed E-state index contributed by atoms with van der Waals surface area (Å²) in [7, 11) is 1.62. The topological polar surface area (TPSA) is 9.23 Å². The first-order valence-corrected chi connectivity index (χ1v) is 3.04. The van der Waals surface area contributed by atoms with Gasteiger partial charge in [0, 0.05) is 0 Å². The third-order valence-electron chi connectivity index (χ3n) is 1.29. The van der Waals surface area contributed by atoms with Crippen molar-refractivity contribution in [2.24, 2.45) is 0 Å². The standard InChI is InChI=1S/C9H10O/c1-3-8-4-6-9(10-2)7-5-8/h3-7H,1H2,2H3/i3D. The first-order chi connectivity index (χ1) is 5.24. The highest BCUT2D eigenvalue weighted by Gasteiger charge is 1.87. The smallest absolute Gasteiger partial charge is 0.118 e. The van der Waals surface area contributed by atoms with Crippen LogP contribution in [0.1, 0.15) is 6.93 Å². The lowest BCUT2D eigenvalue weighted by Crippen LogP contribution is -1.80. The highest BCUT2D eigenvalue weighted by molar-refractivity contribution is 5.48. The summed E-state index contributed by atoms with van der Waals surface area (Å²) in [6, 6.07) is 7.58. The second-order valence-corrected chi connectivity index (χ2v) is 1.91. The minimum Gasteiger partial charge on any atom is -0.497 e. The van der Waals surface area contributed by atoms with Gasteiger partial charge in [0.25, 0.3) is 0 Å². The molecule has 0 saturated carbocycles. The maximum Gasteiger partial charge on any atom is 0.118 e. The predicted octanol–water partition coefficient (Wildman–Crippen LogP) is 2.34. The fraction of sp³-hybridized carbons (Fsp3) is 0.111. The van der Waals surface area contributed by atoms with Crippen molar-refractivity contribution in [3.05, 3.63) is 36.4 Å². The van der Waals surface area contributed by atoms with Crippen LogP contribution >= 0.6 is 0 Å². The van der Waals surface area contributed by atoms with E-state index in [2.05, 4.69) is 6.58 Å². The largest absolute Gasteiger partial charge is 0.497 e. The van der Waals surface area contributed by atoms with Crippen LogP contribution in [0.3, 0.4) is 0 Å². The molecule has 1 aromatic rings. The van der Waals surface area contributed by atoms with Gasteiger partial charge < -0.3 is 4.74 Å². The van der Waals surface area contributed by atoms with Gasteiger partial charge in [-0.3, -0.25) is 0 Å². The summed E-state index contributed by atoms with van der Waals surface area (Å²) in [5.41, 5.74) is 0.825. The van der Waals surface area contributed by atoms with E-state index in [1.54, 1.807) is 7.11 Å². The summed E-state index contributed by atoms with van der Waals surface area (Å²) in [6.07, 6.45) is 0. The fourth-order valence-corrected chi connectivity index (χ4v) is 0.709. The molecule has 0 unspecified atom stereocenters. The average Bonchev–Trinajstić information content (AvgIpc) is 2.05. The van der Waals surface area contributed by atoms with E-state index in [-0.39, 0.29) is 0 Å². The van der Waals surface area contributed by atoms with Gasteiger partial charge in [0.05, 0.1) is 8.48 Å². The molecule has 1 nitrogen and oxygen atoms in total. The van der Waals surface area contributed by atoms with Crippen LogP contribution in [0.15, 0.2) is 30.8 Å². The van der Waals surface area contributed by atoms with Gasteiger partial charge in [0.1, 0.15) is 5.75 Å². The van der Waals surface area contributed by atoms with Crippen LogP contribution in [0, 0.1) is 0 Å². The van der Waals surface area contributed by atoms with Crippen LogP contribution in [-0.4, -0.2) is 7.11 Å². The maximum absolute atomic E-state index is 7.21. The second kappa shape index (κ2) is 3.06. The lowest BCUT2D eigenvalue weighted by Gasteiger charge is -1.97. The molecule has 0 radical (unpaired) electrons. The van der Waals surface area contributed by atoms with Gasteiger partial charge in [-0.15, -0.1) is 0 Å². The van der Waals surface area contributed by atoms with E-state index < -0.39 is 0 Å². The summed E-state index contributed by atoms with van der Waals surface area (Å²) in [4.78, 5) is 0. The Morgan fingerprint density at radius 2 is 2.10 bits per heavy atom. The van der Waals surface area contributed by atoms with E-state index in [9.17, 15) is 0 Å². The summed E-state index contributed by atoms with van der Waals surface area (Å²) < 4.78 is 12.2. The molecule has 0 bridgehead atoms. The molecule has 0 spiro atoms. The lowest BCUT2D eigenvalue weighted by atomic mass is 10.2. The maximum atomic E-state index is 7.21. The highest BCUT2D eigenvalue weighted by atomic mass is 16.5. The monoisotopic (exact) mass is 135 g/mol. The lowest BCUT2D eigenvalue weighted by molar-refractivity contribution is 0.415. The first kappa shape index (κ1) is 5.54. The van der Waals surface area contributed by atoms with Gasteiger partial charge in [-0.2, -0.15) is 0 Å². The Morgan fingerprint density at radius 3 is 2.50 bits per heavy atom. The van der Waals surface area contributed by atoms with E-state index in [0.717, 1.165) is 11.3 Å². The summed E-state index contributed by atoms with van der Waals surface area (Å²) in [6.45, 7) is 3.51. The van der Waals surface area contributed by atoms with Crippen LogP contribution in [-0.2, 0) is 0 Å². The van der Waals surface area contributed by atoms with E-state index in [1.807, 2.05) is 24.3 Å². The molecule has 0 amide bonds. The Morgan fingerprint density at radius 1 is 1.50 bits per heavy atom. The van der Waals surface area contributed by atoms with Gasteiger partial charge in [-0.05, 0) is 17.7 Å². The molecule has 0 heterocycles. The molecule has 1 aromatic carbocycles. The van der Waals surface area contributed by atoms with Crippen molar-refractivity contribution >= 4 is 6.05 Å². The van der Waals surface area contributed by atoms with Gasteiger partial charge in [-0.1, -0.05) is 24.8 Å². The van der Waals surface area contributed by atoms with Crippen LogP contribution in [0.2, 0.25) is 0 Å². The minimum atomic E-state index is 0.327. The van der Waals surface area contributed by atoms with E-state index in [4.69, 9.17) is 6.11 Å². The average molecular weight is 135 g/mol. The molecule has 52 valence electrons. The zero-order chi connectivity index (χ0) is 8.27. The molecule has 0 N–H and O–H groups in total. The first-order valence-electron chi connectivity index (χ1n) is 3.54. The number of hydrogen-bond acceptors (Lipinski definition) is 1. The fourth-order valence-electron chi connectivity index (χ4n) is 0.709. The Bertz CT molecular complexity index is 251. The summed E-state index contributed by atoms with van der Waals surface area (Å²) in [5.74, 6) is 0.801. The van der Waals surface area contributed by atoms with Crippen molar-refractivity contribution in [2.45, 2.75) is 0 Å². The number of ether oxygens (including phenoxy) is 1. The molecule has 0 saturated heterocycles. The van der Waals surface area contributed by atoms with Gasteiger partial charge >= 0.3 is 0 Å². The van der Waals surface area contributed by atoms with Crippen molar-refractivity contribution in [1.82, 2.24) is 0 Å². The number of methoxy groups -OCH3 is 1. The molecule has 1 heteroatoms. The van der Waals surface area contributed by atoms with Crippen LogP contribution in [0.4, 0.5) is 0 Å². The second-order valence-electron chi connectivity index (χ2n) is 1.91. The molecule has 10 heavy (non-hydrogen) atoms. The molecule has 0 aliphatic carbocycles. The molecular weight excluding hydrogens is 124 g/mol. The van der Waals surface area contributed by atoms with Crippen molar-refractivity contribution in [1.29, 1.82) is 0 Å². The van der Waals surface area contributed by atoms with Crippen LogP contribution in [0.5, 0.6) is 5.75 Å². The van der Waals surface area contributed by atoms with Crippen LogP contribution < -0.4 is 4.74 Å². The minimum absolute atomic E-state index is 0.327. The van der Waals surface area contributed by atoms with Gasteiger partial charge in [0.2, 0.25) is 0 Å². The molecule has 0 fully saturated rings. The highest BCUT2D eigenvalue weighted by Crippen LogP contribution is 2.11. The van der Waals surface area contributed by atoms with E-state index >= 15 is 0 Å². The van der Waals surface area contributed by atoms with E-state index in [1.165, 1.54) is 0 Å². The molecule has 0 atom stereocenters. The number of rotatable bonds is 2. The summed E-state index contributed by atoms with van der Waals surface area (Å²) in [5, 5.41) is 0. The Balaban J connectivity index is 2.91. The number of benzene rings is 1. The number of hydrogen-bond donors (Lipinski definition) is 0. The van der Waals surface area contributed by atoms with Crippen LogP contribution in [0.25, 0.3) is 6.05 Å². The van der Waals surface area contributed by atoms with Crippen molar-refractivity contribution in [2.75, 3.05) is 7.11 Å². The Hall–Kier alpha value is -1.24. The van der Waals surface area contributed by atoms with Gasteiger partial charge in [0.15, 0.2) is 0 Å².